The number of carbonyl (C=O) groups is 1. The minimum absolute atomic E-state index is 0.166. The number of carbonyl (C=O) groups excluding carboxylic acids is 1. The smallest absolute Gasteiger partial charge is 0.269 e. The van der Waals surface area contributed by atoms with Gasteiger partial charge in [-0.15, -0.1) is 0 Å². The van der Waals surface area contributed by atoms with Crippen LogP contribution in [0.25, 0.3) is 5.69 Å². The lowest BCUT2D eigenvalue weighted by molar-refractivity contribution is 0.0995. The highest BCUT2D eigenvalue weighted by Crippen LogP contribution is 2.23. The molecule has 20 heavy (non-hydrogen) atoms. The third-order valence-electron chi connectivity index (χ3n) is 3.12. The van der Waals surface area contributed by atoms with Crippen LogP contribution in [0.15, 0.2) is 34.9 Å². The largest absolute Gasteiger partial charge is 0.364 e. The number of nitrogens with two attached hydrogens (primary N) is 2. The minimum Gasteiger partial charge on any atom is -0.364 e. The van der Waals surface area contributed by atoms with Crippen molar-refractivity contribution in [2.24, 2.45) is 11.5 Å². The Balaban J connectivity index is 2.26. The van der Waals surface area contributed by atoms with E-state index in [1.807, 2.05) is 18.2 Å². The highest BCUT2D eigenvalue weighted by molar-refractivity contribution is 9.10. The normalized spacial score (nSPS) is 12.3. The van der Waals surface area contributed by atoms with E-state index in [4.69, 9.17) is 11.5 Å². The maximum Gasteiger partial charge on any atom is 0.269 e. The van der Waals surface area contributed by atoms with Gasteiger partial charge in [0.2, 0.25) is 0 Å². The monoisotopic (exact) mass is 336 g/mol. The first kappa shape index (κ1) is 14.7. The summed E-state index contributed by atoms with van der Waals surface area (Å²) in [6.07, 6.45) is 3.49. The summed E-state index contributed by atoms with van der Waals surface area (Å²) in [5.41, 5.74) is 13.4. The summed E-state index contributed by atoms with van der Waals surface area (Å²) < 4.78 is 2.52. The number of halogens is 1. The third kappa shape index (κ3) is 3.26. The standard InChI is InChI=1S/C14H17BrN4O/c1-2-10(16)7-9-3-4-13(11(15)8-9)19-6-5-12(18-19)14(17)20/h3-6,8,10H,2,7,16H2,1H3,(H2,17,20). The zero-order valence-electron chi connectivity index (χ0n) is 11.2. The summed E-state index contributed by atoms with van der Waals surface area (Å²) in [7, 11) is 0. The van der Waals surface area contributed by atoms with E-state index in [2.05, 4.69) is 28.0 Å². The van der Waals surface area contributed by atoms with Crippen LogP contribution in [0, 0.1) is 0 Å². The topological polar surface area (TPSA) is 86.9 Å². The second-order valence-corrected chi connectivity index (χ2v) is 5.52. The Bertz CT molecular complexity index is 623. The van der Waals surface area contributed by atoms with Crippen LogP contribution in [0.1, 0.15) is 29.4 Å². The van der Waals surface area contributed by atoms with Gasteiger partial charge in [0.15, 0.2) is 0 Å². The first-order valence-corrected chi connectivity index (χ1v) is 7.20. The van der Waals surface area contributed by atoms with E-state index < -0.39 is 5.91 Å². The van der Waals surface area contributed by atoms with Gasteiger partial charge in [0.1, 0.15) is 5.69 Å². The predicted molar refractivity (Wildman–Crippen MR) is 81.8 cm³/mol. The van der Waals surface area contributed by atoms with Gasteiger partial charge >= 0.3 is 0 Å². The maximum absolute atomic E-state index is 11.1. The number of rotatable bonds is 5. The van der Waals surface area contributed by atoms with Crippen molar-refractivity contribution in [3.05, 3.63) is 46.2 Å². The molecule has 1 atom stereocenters. The minimum atomic E-state index is -0.537. The number of hydrogen-bond donors (Lipinski definition) is 2. The van der Waals surface area contributed by atoms with Crippen molar-refractivity contribution in [2.45, 2.75) is 25.8 Å². The number of amides is 1. The number of hydrogen-bond acceptors (Lipinski definition) is 3. The molecule has 6 heteroatoms. The van der Waals surface area contributed by atoms with Crippen molar-refractivity contribution >= 4 is 21.8 Å². The lowest BCUT2D eigenvalue weighted by Crippen LogP contribution is -2.21. The summed E-state index contributed by atoms with van der Waals surface area (Å²) >= 11 is 3.52. The van der Waals surface area contributed by atoms with E-state index in [1.165, 1.54) is 0 Å². The fourth-order valence-corrected chi connectivity index (χ4v) is 2.51. The van der Waals surface area contributed by atoms with Gasteiger partial charge in [-0.2, -0.15) is 5.10 Å². The zero-order valence-corrected chi connectivity index (χ0v) is 12.8. The van der Waals surface area contributed by atoms with Crippen LogP contribution in [0.4, 0.5) is 0 Å². The Morgan fingerprint density at radius 2 is 2.20 bits per heavy atom. The van der Waals surface area contributed by atoms with E-state index in [0.717, 1.165) is 28.6 Å². The molecule has 2 aromatic rings. The van der Waals surface area contributed by atoms with Crippen molar-refractivity contribution in [3.63, 3.8) is 0 Å². The molecule has 106 valence electrons. The Morgan fingerprint density at radius 3 is 2.75 bits per heavy atom. The van der Waals surface area contributed by atoms with Gasteiger partial charge in [0, 0.05) is 16.7 Å². The predicted octanol–water partition coefficient (Wildman–Crippen LogP) is 2.01. The molecule has 1 unspecified atom stereocenters. The molecule has 5 nitrogen and oxygen atoms in total. The molecule has 4 N–H and O–H groups in total. The molecular formula is C14H17BrN4O. The summed E-state index contributed by atoms with van der Waals surface area (Å²) in [5, 5.41) is 4.14. The first-order valence-electron chi connectivity index (χ1n) is 6.41. The fourth-order valence-electron chi connectivity index (χ4n) is 1.90. The van der Waals surface area contributed by atoms with Gasteiger partial charge < -0.3 is 11.5 Å². The number of primary amides is 1. The van der Waals surface area contributed by atoms with Gasteiger partial charge in [-0.3, -0.25) is 4.79 Å². The molecule has 1 aromatic heterocycles. The fraction of sp³-hybridized carbons (Fsp3) is 0.286. The number of aromatic nitrogens is 2. The summed E-state index contributed by atoms with van der Waals surface area (Å²) in [6.45, 7) is 2.07. The molecule has 0 spiro atoms. The molecule has 0 aliphatic carbocycles. The molecule has 1 aromatic carbocycles. The molecule has 0 aliphatic heterocycles. The van der Waals surface area contributed by atoms with E-state index in [0.29, 0.717) is 0 Å². The van der Waals surface area contributed by atoms with Gasteiger partial charge in [0.05, 0.1) is 5.69 Å². The number of benzene rings is 1. The number of nitrogens with zero attached hydrogens (tertiary/aromatic N) is 2. The zero-order chi connectivity index (χ0) is 14.7. The summed E-state index contributed by atoms with van der Waals surface area (Å²) in [4.78, 5) is 11.1. The van der Waals surface area contributed by atoms with Crippen LogP contribution in [-0.2, 0) is 6.42 Å². The molecule has 0 radical (unpaired) electrons. The highest BCUT2D eigenvalue weighted by atomic mass is 79.9. The first-order chi connectivity index (χ1) is 9.51. The van der Waals surface area contributed by atoms with Gasteiger partial charge in [-0.05, 0) is 52.5 Å². The Hall–Kier alpha value is -1.66. The summed E-state index contributed by atoms with van der Waals surface area (Å²) in [5.74, 6) is -0.537. The summed E-state index contributed by atoms with van der Waals surface area (Å²) in [6, 6.07) is 7.74. The second kappa shape index (κ2) is 6.19. The second-order valence-electron chi connectivity index (χ2n) is 4.67. The molecule has 1 heterocycles. The average molecular weight is 337 g/mol. The van der Waals surface area contributed by atoms with Crippen LogP contribution in [-0.4, -0.2) is 21.7 Å². The van der Waals surface area contributed by atoms with Crippen LogP contribution in [0.3, 0.4) is 0 Å². The van der Waals surface area contributed by atoms with E-state index in [1.54, 1.807) is 16.9 Å². The van der Waals surface area contributed by atoms with E-state index in [-0.39, 0.29) is 11.7 Å². The van der Waals surface area contributed by atoms with Gasteiger partial charge in [-0.25, -0.2) is 4.68 Å². The average Bonchev–Trinajstić information content (AvgIpc) is 2.88. The SMILES string of the molecule is CCC(N)Cc1ccc(-n2ccc(C(N)=O)n2)c(Br)c1. The highest BCUT2D eigenvalue weighted by Gasteiger charge is 2.10. The van der Waals surface area contributed by atoms with Crippen LogP contribution >= 0.6 is 15.9 Å². The molecule has 1 amide bonds. The molecule has 0 fully saturated rings. The van der Waals surface area contributed by atoms with Crippen LogP contribution in [0.2, 0.25) is 0 Å². The molecular weight excluding hydrogens is 320 g/mol. The van der Waals surface area contributed by atoms with Crippen molar-refractivity contribution in [1.29, 1.82) is 0 Å². The lowest BCUT2D eigenvalue weighted by atomic mass is 10.0. The lowest BCUT2D eigenvalue weighted by Gasteiger charge is -2.11. The van der Waals surface area contributed by atoms with Crippen molar-refractivity contribution in [3.8, 4) is 5.69 Å². The van der Waals surface area contributed by atoms with Crippen LogP contribution in [0.5, 0.6) is 0 Å². The van der Waals surface area contributed by atoms with Crippen LogP contribution < -0.4 is 11.5 Å². The van der Waals surface area contributed by atoms with Gasteiger partial charge in [0.25, 0.3) is 5.91 Å². The molecule has 0 bridgehead atoms. The molecule has 0 saturated heterocycles. The van der Waals surface area contributed by atoms with Crippen molar-refractivity contribution in [2.75, 3.05) is 0 Å². The molecule has 2 rings (SSSR count). The quantitative estimate of drug-likeness (QED) is 0.875. The Kier molecular flexibility index (Phi) is 4.57. The van der Waals surface area contributed by atoms with E-state index >= 15 is 0 Å². The Labute approximate surface area is 126 Å². The third-order valence-corrected chi connectivity index (χ3v) is 3.76. The maximum atomic E-state index is 11.1. The van der Waals surface area contributed by atoms with Gasteiger partial charge in [-0.1, -0.05) is 13.0 Å². The Morgan fingerprint density at radius 1 is 1.45 bits per heavy atom. The van der Waals surface area contributed by atoms with Crippen molar-refractivity contribution < 1.29 is 4.79 Å². The van der Waals surface area contributed by atoms with E-state index in [9.17, 15) is 4.79 Å². The van der Waals surface area contributed by atoms with Crippen molar-refractivity contribution in [1.82, 2.24) is 9.78 Å². The molecule has 0 aliphatic rings. The molecule has 0 saturated carbocycles.